The normalized spacial score (nSPS) is 27.5. The summed E-state index contributed by atoms with van der Waals surface area (Å²) in [6, 6.07) is 0. The molecule has 1 aliphatic rings. The summed E-state index contributed by atoms with van der Waals surface area (Å²) in [6.07, 6.45) is 1.80. The fourth-order valence-electron chi connectivity index (χ4n) is 2.14. The van der Waals surface area contributed by atoms with Gasteiger partial charge in [0.05, 0.1) is 18.1 Å². The molecular weight excluding hydrogens is 224 g/mol. The largest absolute Gasteiger partial charge is 0.481 e. The molecule has 98 valence electrons. The monoisotopic (exact) mass is 244 g/mol. The van der Waals surface area contributed by atoms with Gasteiger partial charge in [0.25, 0.3) is 0 Å². The highest BCUT2D eigenvalue weighted by Gasteiger charge is 2.33. The van der Waals surface area contributed by atoms with E-state index in [2.05, 4.69) is 0 Å². The van der Waals surface area contributed by atoms with E-state index in [0.29, 0.717) is 6.42 Å². The number of rotatable bonds is 5. The van der Waals surface area contributed by atoms with E-state index in [4.69, 9.17) is 14.6 Å². The van der Waals surface area contributed by atoms with Crippen molar-refractivity contribution in [3.8, 4) is 0 Å². The lowest BCUT2D eigenvalue weighted by atomic mass is 10.0. The van der Waals surface area contributed by atoms with E-state index >= 15 is 0 Å². The molecule has 0 amide bonds. The van der Waals surface area contributed by atoms with Crippen LogP contribution in [0.25, 0.3) is 0 Å². The zero-order valence-electron chi connectivity index (χ0n) is 10.5. The topological polar surface area (TPSA) is 72.8 Å². The van der Waals surface area contributed by atoms with Crippen LogP contribution in [-0.2, 0) is 19.1 Å². The minimum absolute atomic E-state index is 0.00356. The summed E-state index contributed by atoms with van der Waals surface area (Å²) >= 11 is 0. The van der Waals surface area contributed by atoms with Gasteiger partial charge >= 0.3 is 11.9 Å². The molecule has 0 aromatic rings. The second-order valence-electron chi connectivity index (χ2n) is 4.66. The van der Waals surface area contributed by atoms with Gasteiger partial charge in [0, 0.05) is 13.3 Å². The highest BCUT2D eigenvalue weighted by atomic mass is 16.5. The number of carbonyl (C=O) groups excluding carboxylic acids is 1. The van der Waals surface area contributed by atoms with Gasteiger partial charge in [-0.05, 0) is 26.7 Å². The van der Waals surface area contributed by atoms with Gasteiger partial charge in [-0.3, -0.25) is 9.59 Å². The molecule has 1 rings (SSSR count). The molecule has 5 heteroatoms. The van der Waals surface area contributed by atoms with Crippen LogP contribution in [0.1, 0.15) is 40.0 Å². The Morgan fingerprint density at radius 2 is 2.06 bits per heavy atom. The third kappa shape index (κ3) is 4.34. The molecular formula is C12H20O5. The van der Waals surface area contributed by atoms with Gasteiger partial charge in [-0.2, -0.15) is 0 Å². The molecule has 0 spiro atoms. The van der Waals surface area contributed by atoms with Crippen molar-refractivity contribution >= 4 is 11.9 Å². The average Bonchev–Trinajstić information content (AvgIpc) is 2.63. The predicted molar refractivity (Wildman–Crippen MR) is 60.5 cm³/mol. The molecule has 0 bridgehead atoms. The van der Waals surface area contributed by atoms with Gasteiger partial charge in [0.2, 0.25) is 0 Å². The Bertz CT molecular complexity index is 289. The van der Waals surface area contributed by atoms with Crippen molar-refractivity contribution in [2.75, 3.05) is 0 Å². The molecule has 1 fully saturated rings. The second kappa shape index (κ2) is 6.00. The highest BCUT2D eigenvalue weighted by Crippen LogP contribution is 2.28. The quantitative estimate of drug-likeness (QED) is 0.743. The Morgan fingerprint density at radius 3 is 2.59 bits per heavy atom. The van der Waals surface area contributed by atoms with Gasteiger partial charge < -0.3 is 14.6 Å². The summed E-state index contributed by atoms with van der Waals surface area (Å²) < 4.78 is 10.7. The number of carbonyl (C=O) groups is 2. The van der Waals surface area contributed by atoms with Gasteiger partial charge in [-0.25, -0.2) is 0 Å². The van der Waals surface area contributed by atoms with Gasteiger partial charge in [-0.1, -0.05) is 0 Å². The molecule has 5 nitrogen and oxygen atoms in total. The lowest BCUT2D eigenvalue weighted by molar-refractivity contribution is -0.148. The van der Waals surface area contributed by atoms with Crippen LogP contribution >= 0.6 is 0 Å². The number of ether oxygens (including phenoxy) is 2. The molecule has 0 saturated carbocycles. The first-order chi connectivity index (χ1) is 7.90. The van der Waals surface area contributed by atoms with E-state index in [9.17, 15) is 9.59 Å². The molecule has 0 aromatic carbocycles. The number of esters is 1. The van der Waals surface area contributed by atoms with Crippen LogP contribution in [0.2, 0.25) is 0 Å². The summed E-state index contributed by atoms with van der Waals surface area (Å²) in [7, 11) is 0. The summed E-state index contributed by atoms with van der Waals surface area (Å²) in [5.41, 5.74) is 0. The molecule has 4 atom stereocenters. The Labute approximate surface area is 101 Å². The molecule has 0 aliphatic carbocycles. The summed E-state index contributed by atoms with van der Waals surface area (Å²) in [6.45, 7) is 4.85. The standard InChI is InChI=1S/C12H20O5/c1-7(16-9(3)13)6-10-4-5-11(17-10)8(2)12(14)15/h7-8,10-11H,4-6H2,1-3H3,(H,14,15)/t7-,8+,10-,11+/m0/s1. The van der Waals surface area contributed by atoms with E-state index < -0.39 is 11.9 Å². The molecule has 1 aliphatic heterocycles. The first-order valence-corrected chi connectivity index (χ1v) is 5.95. The Kier molecular flexibility index (Phi) is 4.93. The minimum Gasteiger partial charge on any atom is -0.481 e. The van der Waals surface area contributed by atoms with Crippen LogP contribution in [0.5, 0.6) is 0 Å². The van der Waals surface area contributed by atoms with Crippen LogP contribution in [-0.4, -0.2) is 35.4 Å². The second-order valence-corrected chi connectivity index (χ2v) is 4.66. The molecule has 0 radical (unpaired) electrons. The van der Waals surface area contributed by atoms with E-state index in [1.54, 1.807) is 6.92 Å². The Hall–Kier alpha value is -1.10. The van der Waals surface area contributed by atoms with E-state index in [0.717, 1.165) is 12.8 Å². The molecule has 1 heterocycles. The third-order valence-corrected chi connectivity index (χ3v) is 3.05. The van der Waals surface area contributed by atoms with Crippen molar-refractivity contribution in [2.45, 2.75) is 58.3 Å². The number of hydrogen-bond acceptors (Lipinski definition) is 4. The van der Waals surface area contributed by atoms with E-state index in [1.165, 1.54) is 6.92 Å². The maximum absolute atomic E-state index is 10.8. The fourth-order valence-corrected chi connectivity index (χ4v) is 2.14. The van der Waals surface area contributed by atoms with Crippen molar-refractivity contribution in [3.05, 3.63) is 0 Å². The van der Waals surface area contributed by atoms with Crippen LogP contribution in [0.4, 0.5) is 0 Å². The van der Waals surface area contributed by atoms with Gasteiger partial charge in [0.1, 0.15) is 6.10 Å². The van der Waals surface area contributed by atoms with Crippen LogP contribution in [0, 0.1) is 5.92 Å². The predicted octanol–water partition coefficient (Wildman–Crippen LogP) is 1.60. The molecule has 17 heavy (non-hydrogen) atoms. The minimum atomic E-state index is -0.830. The summed E-state index contributed by atoms with van der Waals surface area (Å²) in [4.78, 5) is 21.6. The SMILES string of the molecule is CC(=O)O[C@@H](C)C[C@@H]1CC[C@H]([C@@H](C)C(=O)O)O1. The number of carboxylic acid groups (broad SMARTS) is 1. The van der Waals surface area contributed by atoms with Gasteiger partial charge in [-0.15, -0.1) is 0 Å². The van der Waals surface area contributed by atoms with Crippen LogP contribution in [0.3, 0.4) is 0 Å². The zero-order chi connectivity index (χ0) is 13.0. The van der Waals surface area contributed by atoms with Crippen LogP contribution < -0.4 is 0 Å². The Balaban J connectivity index is 2.35. The Morgan fingerprint density at radius 1 is 1.41 bits per heavy atom. The van der Waals surface area contributed by atoms with Gasteiger partial charge in [0.15, 0.2) is 0 Å². The number of aliphatic carboxylic acids is 1. The zero-order valence-corrected chi connectivity index (χ0v) is 10.5. The van der Waals surface area contributed by atoms with Crippen molar-refractivity contribution < 1.29 is 24.2 Å². The third-order valence-electron chi connectivity index (χ3n) is 3.05. The average molecular weight is 244 g/mol. The van der Waals surface area contributed by atoms with E-state index in [1.807, 2.05) is 6.92 Å². The fraction of sp³-hybridized carbons (Fsp3) is 0.833. The first-order valence-electron chi connectivity index (χ1n) is 5.95. The smallest absolute Gasteiger partial charge is 0.308 e. The lowest BCUT2D eigenvalue weighted by Crippen LogP contribution is -2.27. The number of carboxylic acids is 1. The maximum Gasteiger partial charge on any atom is 0.308 e. The molecule has 0 aromatic heterocycles. The van der Waals surface area contributed by atoms with Crippen molar-refractivity contribution in [1.29, 1.82) is 0 Å². The van der Waals surface area contributed by atoms with Crippen LogP contribution in [0.15, 0.2) is 0 Å². The van der Waals surface area contributed by atoms with Crippen molar-refractivity contribution in [3.63, 3.8) is 0 Å². The molecule has 0 unspecified atom stereocenters. The summed E-state index contributed by atoms with van der Waals surface area (Å²) in [5, 5.41) is 8.88. The molecule has 1 saturated heterocycles. The first kappa shape index (κ1) is 14.0. The lowest BCUT2D eigenvalue weighted by Gasteiger charge is -2.19. The summed E-state index contributed by atoms with van der Waals surface area (Å²) in [5.74, 6) is -1.61. The van der Waals surface area contributed by atoms with Crippen molar-refractivity contribution in [2.24, 2.45) is 5.92 Å². The van der Waals surface area contributed by atoms with Crippen molar-refractivity contribution in [1.82, 2.24) is 0 Å². The number of hydrogen-bond donors (Lipinski definition) is 1. The molecule has 1 N–H and O–H groups in total. The maximum atomic E-state index is 10.8. The highest BCUT2D eigenvalue weighted by molar-refractivity contribution is 5.70. The van der Waals surface area contributed by atoms with E-state index in [-0.39, 0.29) is 24.3 Å².